The Hall–Kier alpha value is -10.2. The summed E-state index contributed by atoms with van der Waals surface area (Å²) in [7, 11) is 0. The van der Waals surface area contributed by atoms with E-state index >= 15 is 0 Å². The Kier molecular flexibility index (Phi) is 8.87. The van der Waals surface area contributed by atoms with Crippen molar-refractivity contribution in [3.63, 3.8) is 0 Å². The molecule has 77 heavy (non-hydrogen) atoms. The first-order chi connectivity index (χ1) is 38.1. The Balaban J connectivity index is 0.818. The smallest absolute Gasteiger partial charge is 0.238 e. The fourth-order valence-corrected chi connectivity index (χ4v) is 13.3. The largest absolute Gasteiger partial charge is 0.456 e. The topological polar surface area (TPSA) is 74.8 Å². The summed E-state index contributed by atoms with van der Waals surface area (Å²) in [6.07, 6.45) is 0. The van der Waals surface area contributed by atoms with Crippen LogP contribution >= 0.6 is 11.3 Å². The van der Waals surface area contributed by atoms with E-state index in [1.165, 1.54) is 42.0 Å². The summed E-state index contributed by atoms with van der Waals surface area (Å²) in [5, 5.41) is 11.2. The number of nitrogens with zero attached hydrogens (tertiary/aromatic N) is 5. The van der Waals surface area contributed by atoms with Gasteiger partial charge in [0.25, 0.3) is 0 Å². The predicted octanol–water partition coefficient (Wildman–Crippen LogP) is 18.9. The zero-order valence-electron chi connectivity index (χ0n) is 41.0. The SMILES string of the molecule is c1ccc(-n2c3ccccc3c3cc(-c4ccc5c(c4)oc4cccc(-c6ccc7oc8cccc(-c9nc(-c%10ccc%11c(c%10)sc%10ccccc%10%11)nc(-n%10c%11ccccc%11c%11ccccc%11%10)n9)c8c7c6)c45)ccc32)cc1. The van der Waals surface area contributed by atoms with Gasteiger partial charge in [-0.1, -0.05) is 146 Å². The second-order valence-corrected chi connectivity index (χ2v) is 20.9. The Labute approximate surface area is 442 Å². The minimum Gasteiger partial charge on any atom is -0.456 e. The number of benzene rings is 11. The highest BCUT2D eigenvalue weighted by molar-refractivity contribution is 7.25. The standard InChI is InChI=1S/C69H39N5O2S/c1-2-14-44(15-3-1)73-55-22-8-6-18-48(55)53-36-40(30-34-58(53)73)41-28-33-51-62(38-41)76-60-25-12-20-45(65(51)60)42-31-35-59-54(37-42)66-52(21-13-26-61(66)75-59)68-70-67(43-29-32-50-49-19-7-11-27-63(49)77-64(50)39-43)71-69(72-68)74-56-23-9-4-16-46(56)47-17-5-10-24-57(47)74/h1-39H. The van der Waals surface area contributed by atoms with E-state index in [4.69, 9.17) is 23.8 Å². The molecule has 6 aromatic heterocycles. The van der Waals surface area contributed by atoms with Crippen molar-refractivity contribution < 1.29 is 8.83 Å². The first-order valence-electron chi connectivity index (χ1n) is 25.8. The van der Waals surface area contributed by atoms with Gasteiger partial charge in [0.05, 0.1) is 22.1 Å². The van der Waals surface area contributed by atoms with Crippen molar-refractivity contribution in [2.75, 3.05) is 0 Å². The molecule has 0 unspecified atom stereocenters. The zero-order valence-corrected chi connectivity index (χ0v) is 41.8. The monoisotopic (exact) mass is 1000 g/mol. The molecule has 0 saturated carbocycles. The van der Waals surface area contributed by atoms with E-state index in [2.05, 4.69) is 234 Å². The maximum Gasteiger partial charge on any atom is 0.238 e. The summed E-state index contributed by atoms with van der Waals surface area (Å²) in [6.45, 7) is 0. The molecular formula is C69H39N5O2S. The third-order valence-electron chi connectivity index (χ3n) is 15.6. The van der Waals surface area contributed by atoms with Gasteiger partial charge in [-0.15, -0.1) is 11.3 Å². The molecule has 0 saturated heterocycles. The number of fused-ring (bicyclic) bond motifs is 15. The highest BCUT2D eigenvalue weighted by Crippen LogP contribution is 2.44. The van der Waals surface area contributed by atoms with Gasteiger partial charge in [-0.05, 0) is 113 Å². The number of hydrogen-bond donors (Lipinski definition) is 0. The second-order valence-electron chi connectivity index (χ2n) is 19.9. The molecule has 358 valence electrons. The van der Waals surface area contributed by atoms with Crippen LogP contribution in [0.2, 0.25) is 0 Å². The first kappa shape index (κ1) is 42.2. The molecule has 17 rings (SSSR count). The van der Waals surface area contributed by atoms with E-state index in [1.807, 2.05) is 12.1 Å². The maximum absolute atomic E-state index is 6.75. The van der Waals surface area contributed by atoms with E-state index in [1.54, 1.807) is 11.3 Å². The average Bonchev–Trinajstić information content (AvgIpc) is 4.42. The lowest BCUT2D eigenvalue weighted by molar-refractivity contribution is 0.669. The number of aromatic nitrogens is 5. The van der Waals surface area contributed by atoms with Crippen molar-refractivity contribution in [3.05, 3.63) is 237 Å². The van der Waals surface area contributed by atoms with Crippen LogP contribution in [0.4, 0.5) is 0 Å². The lowest BCUT2D eigenvalue weighted by Crippen LogP contribution is -2.06. The summed E-state index contributed by atoms with van der Waals surface area (Å²) in [6, 6.07) is 83.7. The zero-order chi connectivity index (χ0) is 50.3. The van der Waals surface area contributed by atoms with Gasteiger partial charge in [-0.25, -0.2) is 4.98 Å². The van der Waals surface area contributed by atoms with Crippen molar-refractivity contribution in [2.24, 2.45) is 0 Å². The first-order valence-corrected chi connectivity index (χ1v) is 26.6. The summed E-state index contributed by atoms with van der Waals surface area (Å²) in [5.41, 5.74) is 14.9. The second kappa shape index (κ2) is 16.2. The van der Waals surface area contributed by atoms with E-state index < -0.39 is 0 Å². The van der Waals surface area contributed by atoms with Crippen LogP contribution in [-0.4, -0.2) is 24.1 Å². The molecule has 0 spiro atoms. The van der Waals surface area contributed by atoms with Crippen LogP contribution in [0.5, 0.6) is 0 Å². The molecule has 7 nitrogen and oxygen atoms in total. The van der Waals surface area contributed by atoms with Crippen LogP contribution in [0, 0.1) is 0 Å². The van der Waals surface area contributed by atoms with Crippen LogP contribution in [0.3, 0.4) is 0 Å². The summed E-state index contributed by atoms with van der Waals surface area (Å²) < 4.78 is 20.4. The Morgan fingerprint density at radius 1 is 0.299 bits per heavy atom. The number of hydrogen-bond acceptors (Lipinski definition) is 6. The summed E-state index contributed by atoms with van der Waals surface area (Å²) >= 11 is 1.79. The highest BCUT2D eigenvalue weighted by Gasteiger charge is 2.23. The van der Waals surface area contributed by atoms with Gasteiger partial charge in [-0.2, -0.15) is 9.97 Å². The highest BCUT2D eigenvalue weighted by atomic mass is 32.1. The van der Waals surface area contributed by atoms with Gasteiger partial charge in [0, 0.05) is 80.1 Å². The fraction of sp³-hybridized carbons (Fsp3) is 0. The molecule has 17 aromatic rings. The van der Waals surface area contributed by atoms with E-state index in [0.29, 0.717) is 17.6 Å². The van der Waals surface area contributed by atoms with E-state index in [0.717, 1.165) is 105 Å². The fourth-order valence-electron chi connectivity index (χ4n) is 12.2. The van der Waals surface area contributed by atoms with Crippen LogP contribution in [0.1, 0.15) is 0 Å². The lowest BCUT2D eigenvalue weighted by atomic mass is 9.96. The molecule has 0 fully saturated rings. The van der Waals surface area contributed by atoms with Crippen LogP contribution in [0.15, 0.2) is 245 Å². The van der Waals surface area contributed by atoms with Gasteiger partial charge in [-0.3, -0.25) is 4.57 Å². The van der Waals surface area contributed by atoms with Gasteiger partial charge in [0.15, 0.2) is 11.6 Å². The molecule has 0 aliphatic carbocycles. The third kappa shape index (κ3) is 6.34. The van der Waals surface area contributed by atoms with Gasteiger partial charge >= 0.3 is 0 Å². The maximum atomic E-state index is 6.75. The van der Waals surface area contributed by atoms with E-state index in [-0.39, 0.29) is 0 Å². The molecule has 0 amide bonds. The molecular weight excluding hydrogens is 963 g/mol. The minimum atomic E-state index is 0.544. The molecule has 0 bridgehead atoms. The van der Waals surface area contributed by atoms with Crippen molar-refractivity contribution in [1.29, 1.82) is 0 Å². The predicted molar refractivity (Wildman–Crippen MR) is 318 cm³/mol. The Bertz CT molecular complexity index is 5260. The number of furan rings is 2. The molecule has 6 heterocycles. The number of thiophene rings is 1. The summed E-state index contributed by atoms with van der Waals surface area (Å²) in [4.78, 5) is 16.1. The molecule has 8 heteroatoms. The molecule has 0 radical (unpaired) electrons. The number of para-hydroxylation sites is 4. The average molecular weight is 1000 g/mol. The van der Waals surface area contributed by atoms with Crippen molar-refractivity contribution in [3.8, 4) is 56.7 Å². The van der Waals surface area contributed by atoms with Crippen molar-refractivity contribution >= 4 is 119 Å². The molecule has 0 N–H and O–H groups in total. The minimum absolute atomic E-state index is 0.544. The van der Waals surface area contributed by atoms with Crippen LogP contribution in [0.25, 0.3) is 164 Å². The molecule has 0 aliphatic heterocycles. The lowest BCUT2D eigenvalue weighted by Gasteiger charge is -2.11. The molecule has 0 atom stereocenters. The van der Waals surface area contributed by atoms with Crippen LogP contribution in [-0.2, 0) is 0 Å². The van der Waals surface area contributed by atoms with Gasteiger partial charge in [0.2, 0.25) is 5.95 Å². The Morgan fingerprint density at radius 2 is 0.857 bits per heavy atom. The van der Waals surface area contributed by atoms with Gasteiger partial charge in [0.1, 0.15) is 22.3 Å². The van der Waals surface area contributed by atoms with Crippen molar-refractivity contribution in [2.45, 2.75) is 0 Å². The van der Waals surface area contributed by atoms with Gasteiger partial charge < -0.3 is 13.4 Å². The van der Waals surface area contributed by atoms with Crippen molar-refractivity contribution in [1.82, 2.24) is 24.1 Å². The molecule has 11 aromatic carbocycles. The van der Waals surface area contributed by atoms with Crippen LogP contribution < -0.4 is 0 Å². The normalized spacial score (nSPS) is 12.2. The molecule has 0 aliphatic rings. The number of rotatable bonds is 6. The summed E-state index contributed by atoms with van der Waals surface area (Å²) in [5.74, 6) is 1.69. The quantitative estimate of drug-likeness (QED) is 0.166. The Morgan fingerprint density at radius 3 is 1.65 bits per heavy atom. The third-order valence-corrected chi connectivity index (χ3v) is 16.7. The van der Waals surface area contributed by atoms with E-state index in [9.17, 15) is 0 Å².